The van der Waals surface area contributed by atoms with Crippen LogP contribution in [0.2, 0.25) is 5.02 Å². The van der Waals surface area contributed by atoms with Crippen LogP contribution < -0.4 is 14.8 Å². The molecule has 0 radical (unpaired) electrons. The van der Waals surface area contributed by atoms with Crippen molar-refractivity contribution in [2.45, 2.75) is 20.4 Å². The van der Waals surface area contributed by atoms with Gasteiger partial charge in [-0.1, -0.05) is 35.9 Å². The number of halogens is 1. The second kappa shape index (κ2) is 9.84. The first-order chi connectivity index (χ1) is 14.8. The van der Waals surface area contributed by atoms with E-state index < -0.39 is 10.0 Å². The van der Waals surface area contributed by atoms with Crippen LogP contribution in [0.4, 0.5) is 5.69 Å². The Labute approximate surface area is 185 Å². The minimum atomic E-state index is -3.46. The molecule has 1 aromatic heterocycles. The van der Waals surface area contributed by atoms with Crippen LogP contribution >= 0.6 is 11.6 Å². The van der Waals surface area contributed by atoms with Crippen molar-refractivity contribution in [3.63, 3.8) is 0 Å². The number of amides is 1. The first-order valence-corrected chi connectivity index (χ1v) is 11.5. The van der Waals surface area contributed by atoms with Crippen LogP contribution in [0.25, 0.3) is 11.5 Å². The van der Waals surface area contributed by atoms with E-state index in [0.29, 0.717) is 33.5 Å². The van der Waals surface area contributed by atoms with Gasteiger partial charge in [0.05, 0.1) is 28.6 Å². The highest BCUT2D eigenvalue weighted by molar-refractivity contribution is 7.92. The molecule has 0 fully saturated rings. The Kier molecular flexibility index (Phi) is 7.19. The maximum atomic E-state index is 12.1. The molecule has 0 bridgehead atoms. The van der Waals surface area contributed by atoms with Crippen molar-refractivity contribution in [1.82, 2.24) is 10.3 Å². The summed E-state index contributed by atoms with van der Waals surface area (Å²) in [6, 6.07) is 13.7. The molecular formula is C21H22ClN3O5S. The van der Waals surface area contributed by atoms with Gasteiger partial charge in [0.25, 0.3) is 5.91 Å². The van der Waals surface area contributed by atoms with Crippen LogP contribution in [0.3, 0.4) is 0 Å². The van der Waals surface area contributed by atoms with Crippen LogP contribution in [0.15, 0.2) is 52.9 Å². The summed E-state index contributed by atoms with van der Waals surface area (Å²) in [7, 11) is -3.46. The molecule has 0 spiro atoms. The maximum Gasteiger partial charge on any atom is 0.258 e. The van der Waals surface area contributed by atoms with Gasteiger partial charge in [-0.05, 0) is 38.1 Å². The van der Waals surface area contributed by atoms with Gasteiger partial charge in [-0.2, -0.15) is 0 Å². The van der Waals surface area contributed by atoms with Gasteiger partial charge in [-0.3, -0.25) is 9.52 Å². The van der Waals surface area contributed by atoms with Crippen molar-refractivity contribution >= 4 is 33.2 Å². The number of hydrogen-bond acceptors (Lipinski definition) is 6. The lowest BCUT2D eigenvalue weighted by atomic mass is 10.2. The third-order valence-corrected chi connectivity index (χ3v) is 5.95. The number of aromatic nitrogens is 1. The van der Waals surface area contributed by atoms with Crippen molar-refractivity contribution in [2.75, 3.05) is 17.1 Å². The van der Waals surface area contributed by atoms with E-state index in [1.165, 1.54) is 0 Å². The van der Waals surface area contributed by atoms with E-state index in [4.69, 9.17) is 20.8 Å². The number of anilines is 1. The van der Waals surface area contributed by atoms with Crippen LogP contribution in [-0.2, 0) is 21.4 Å². The number of ether oxygens (including phenoxy) is 1. The number of sulfonamides is 1. The molecule has 1 amide bonds. The lowest BCUT2D eigenvalue weighted by Gasteiger charge is -2.09. The van der Waals surface area contributed by atoms with Gasteiger partial charge in [0.15, 0.2) is 6.61 Å². The molecule has 0 unspecified atom stereocenters. The van der Waals surface area contributed by atoms with Gasteiger partial charge < -0.3 is 14.5 Å². The molecular weight excluding hydrogens is 442 g/mol. The standard InChI is InChI=1S/C21H22ClN3O5S/c1-3-31(27,28)25-17-10-6-4-8-15(17)21-24-18(14(2)30-21)12-23-20(26)13-29-19-11-7-5-9-16(19)22/h4-11,25H,3,12-13H2,1-2H3,(H,23,26). The van der Waals surface area contributed by atoms with Crippen LogP contribution in [0.1, 0.15) is 18.4 Å². The number of nitrogens with one attached hydrogen (secondary N) is 2. The van der Waals surface area contributed by atoms with E-state index in [0.717, 1.165) is 0 Å². The SMILES string of the molecule is CCS(=O)(=O)Nc1ccccc1-c1nc(CNC(=O)COc2ccccc2Cl)c(C)o1. The molecule has 3 aromatic rings. The molecule has 10 heteroatoms. The predicted octanol–water partition coefficient (Wildman–Crippen LogP) is 3.76. The highest BCUT2D eigenvalue weighted by atomic mass is 35.5. The number of nitrogens with zero attached hydrogens (tertiary/aromatic N) is 1. The molecule has 0 atom stereocenters. The second-order valence-corrected chi connectivity index (χ2v) is 8.99. The van der Waals surface area contributed by atoms with E-state index >= 15 is 0 Å². The zero-order valence-electron chi connectivity index (χ0n) is 17.0. The topological polar surface area (TPSA) is 111 Å². The summed E-state index contributed by atoms with van der Waals surface area (Å²) < 4.78 is 37.6. The average Bonchev–Trinajstić information content (AvgIpc) is 3.12. The van der Waals surface area contributed by atoms with Crippen molar-refractivity contribution in [3.8, 4) is 17.2 Å². The van der Waals surface area contributed by atoms with Crippen molar-refractivity contribution < 1.29 is 22.4 Å². The Morgan fingerprint density at radius 3 is 2.61 bits per heavy atom. The number of oxazole rings is 1. The molecule has 31 heavy (non-hydrogen) atoms. The third kappa shape index (κ3) is 5.99. The molecule has 164 valence electrons. The number of benzene rings is 2. The first-order valence-electron chi connectivity index (χ1n) is 9.49. The lowest BCUT2D eigenvalue weighted by Crippen LogP contribution is -2.28. The number of para-hydroxylation sites is 2. The molecule has 2 aromatic carbocycles. The molecule has 3 rings (SSSR count). The predicted molar refractivity (Wildman–Crippen MR) is 119 cm³/mol. The lowest BCUT2D eigenvalue weighted by molar-refractivity contribution is -0.123. The van der Waals surface area contributed by atoms with Crippen molar-refractivity contribution in [2.24, 2.45) is 0 Å². The fraction of sp³-hybridized carbons (Fsp3) is 0.238. The van der Waals surface area contributed by atoms with Crippen LogP contribution in [0.5, 0.6) is 5.75 Å². The van der Waals surface area contributed by atoms with Gasteiger partial charge in [-0.25, -0.2) is 13.4 Å². The summed E-state index contributed by atoms with van der Waals surface area (Å²) in [5, 5.41) is 3.14. The van der Waals surface area contributed by atoms with E-state index in [1.54, 1.807) is 62.4 Å². The summed E-state index contributed by atoms with van der Waals surface area (Å²) >= 11 is 6.00. The van der Waals surface area contributed by atoms with Crippen LogP contribution in [-0.4, -0.2) is 31.7 Å². The van der Waals surface area contributed by atoms with Gasteiger partial charge in [0.2, 0.25) is 15.9 Å². The zero-order chi connectivity index (χ0) is 22.4. The Morgan fingerprint density at radius 2 is 1.87 bits per heavy atom. The molecule has 0 aliphatic heterocycles. The Balaban J connectivity index is 1.67. The van der Waals surface area contributed by atoms with E-state index in [2.05, 4.69) is 15.0 Å². The molecule has 1 heterocycles. The quantitative estimate of drug-likeness (QED) is 0.500. The monoisotopic (exact) mass is 463 g/mol. The van der Waals surface area contributed by atoms with Crippen LogP contribution in [0, 0.1) is 6.92 Å². The largest absolute Gasteiger partial charge is 0.482 e. The Bertz CT molecular complexity index is 1180. The number of hydrogen-bond donors (Lipinski definition) is 2. The molecule has 0 aliphatic carbocycles. The number of carbonyl (C=O) groups excluding carboxylic acids is 1. The fourth-order valence-corrected chi connectivity index (χ4v) is 3.49. The summed E-state index contributed by atoms with van der Waals surface area (Å²) in [6.45, 7) is 3.20. The van der Waals surface area contributed by atoms with E-state index in [-0.39, 0.29) is 30.7 Å². The molecule has 0 aliphatic rings. The summed E-state index contributed by atoms with van der Waals surface area (Å²) in [5.74, 6) is 0.781. The first kappa shape index (κ1) is 22.6. The van der Waals surface area contributed by atoms with Crippen molar-refractivity contribution in [3.05, 3.63) is 65.0 Å². The van der Waals surface area contributed by atoms with Gasteiger partial charge in [-0.15, -0.1) is 0 Å². The average molecular weight is 464 g/mol. The molecule has 0 saturated carbocycles. The van der Waals surface area contributed by atoms with Crippen molar-refractivity contribution in [1.29, 1.82) is 0 Å². The van der Waals surface area contributed by atoms with Gasteiger partial charge in [0.1, 0.15) is 17.2 Å². The normalized spacial score (nSPS) is 11.2. The summed E-state index contributed by atoms with van der Waals surface area (Å²) in [5.41, 5.74) is 1.39. The zero-order valence-corrected chi connectivity index (χ0v) is 18.6. The summed E-state index contributed by atoms with van der Waals surface area (Å²) in [4.78, 5) is 16.5. The number of rotatable bonds is 9. The highest BCUT2D eigenvalue weighted by Crippen LogP contribution is 2.29. The molecule has 0 saturated heterocycles. The maximum absolute atomic E-state index is 12.1. The molecule has 2 N–H and O–H groups in total. The number of aryl methyl sites for hydroxylation is 1. The smallest absolute Gasteiger partial charge is 0.258 e. The fourth-order valence-electron chi connectivity index (χ4n) is 2.64. The second-order valence-electron chi connectivity index (χ2n) is 6.57. The summed E-state index contributed by atoms with van der Waals surface area (Å²) in [6.07, 6.45) is 0. The van der Waals surface area contributed by atoms with E-state index in [9.17, 15) is 13.2 Å². The Hall–Kier alpha value is -3.04. The molecule has 8 nitrogen and oxygen atoms in total. The highest BCUT2D eigenvalue weighted by Gasteiger charge is 2.17. The minimum absolute atomic E-state index is 0.0561. The number of carbonyl (C=O) groups is 1. The van der Waals surface area contributed by atoms with E-state index in [1.807, 2.05) is 0 Å². The minimum Gasteiger partial charge on any atom is -0.482 e. The van der Waals surface area contributed by atoms with Gasteiger partial charge in [0, 0.05) is 0 Å². The van der Waals surface area contributed by atoms with Gasteiger partial charge >= 0.3 is 0 Å². The third-order valence-electron chi connectivity index (χ3n) is 4.34. The Morgan fingerprint density at radius 1 is 1.16 bits per heavy atom.